The van der Waals surface area contributed by atoms with Crippen molar-refractivity contribution in [2.75, 3.05) is 12.4 Å². The van der Waals surface area contributed by atoms with Crippen LogP contribution in [0.3, 0.4) is 0 Å². The standard InChI is InChI=1S/C7H15BrO/c1-3-4-5-7(6-8)9-2/h7H,3-6H2,1-2H3. The zero-order chi connectivity index (χ0) is 7.11. The van der Waals surface area contributed by atoms with Crippen LogP contribution in [0.5, 0.6) is 0 Å². The highest BCUT2D eigenvalue weighted by Gasteiger charge is 2.01. The Morgan fingerprint density at radius 1 is 1.56 bits per heavy atom. The summed E-state index contributed by atoms with van der Waals surface area (Å²) < 4.78 is 5.15. The number of ether oxygens (including phenoxy) is 1. The van der Waals surface area contributed by atoms with Gasteiger partial charge in [-0.1, -0.05) is 35.7 Å². The first-order chi connectivity index (χ1) is 4.35. The van der Waals surface area contributed by atoms with Crippen molar-refractivity contribution in [3.05, 3.63) is 0 Å². The van der Waals surface area contributed by atoms with Gasteiger partial charge in [0.2, 0.25) is 0 Å². The molecular formula is C7H15BrO. The molecule has 56 valence electrons. The van der Waals surface area contributed by atoms with Gasteiger partial charge >= 0.3 is 0 Å². The molecule has 1 atom stereocenters. The van der Waals surface area contributed by atoms with Gasteiger partial charge in [-0.2, -0.15) is 0 Å². The van der Waals surface area contributed by atoms with Gasteiger partial charge in [0.25, 0.3) is 0 Å². The van der Waals surface area contributed by atoms with Crippen molar-refractivity contribution in [2.45, 2.75) is 32.3 Å². The number of methoxy groups -OCH3 is 1. The summed E-state index contributed by atoms with van der Waals surface area (Å²) in [7, 11) is 1.77. The monoisotopic (exact) mass is 194 g/mol. The lowest BCUT2D eigenvalue weighted by molar-refractivity contribution is 0.113. The van der Waals surface area contributed by atoms with Crippen molar-refractivity contribution in [2.24, 2.45) is 0 Å². The molecule has 2 heteroatoms. The van der Waals surface area contributed by atoms with Crippen molar-refractivity contribution in [1.82, 2.24) is 0 Å². The van der Waals surface area contributed by atoms with Crippen LogP contribution in [-0.4, -0.2) is 18.5 Å². The molecule has 0 N–H and O–H groups in total. The number of rotatable bonds is 5. The van der Waals surface area contributed by atoms with E-state index in [0.717, 1.165) is 5.33 Å². The molecule has 0 bridgehead atoms. The van der Waals surface area contributed by atoms with Crippen LogP contribution in [0.4, 0.5) is 0 Å². The number of hydrogen-bond acceptors (Lipinski definition) is 1. The van der Waals surface area contributed by atoms with Crippen molar-refractivity contribution < 1.29 is 4.74 Å². The molecule has 0 aromatic carbocycles. The summed E-state index contributed by atoms with van der Waals surface area (Å²) in [5.74, 6) is 0. The largest absolute Gasteiger partial charge is 0.381 e. The number of halogens is 1. The van der Waals surface area contributed by atoms with Gasteiger partial charge < -0.3 is 4.74 Å². The Bertz CT molecular complexity index is 52.9. The number of hydrogen-bond donors (Lipinski definition) is 0. The Hall–Kier alpha value is 0.440. The Balaban J connectivity index is 3.09. The van der Waals surface area contributed by atoms with E-state index in [9.17, 15) is 0 Å². The van der Waals surface area contributed by atoms with E-state index in [0.29, 0.717) is 6.10 Å². The van der Waals surface area contributed by atoms with E-state index in [2.05, 4.69) is 22.9 Å². The van der Waals surface area contributed by atoms with Crippen molar-refractivity contribution in [3.8, 4) is 0 Å². The van der Waals surface area contributed by atoms with E-state index in [-0.39, 0.29) is 0 Å². The van der Waals surface area contributed by atoms with Gasteiger partial charge in [0, 0.05) is 12.4 Å². The van der Waals surface area contributed by atoms with E-state index in [1.807, 2.05) is 0 Å². The zero-order valence-corrected chi connectivity index (χ0v) is 7.78. The van der Waals surface area contributed by atoms with Crippen LogP contribution < -0.4 is 0 Å². The fraction of sp³-hybridized carbons (Fsp3) is 1.00. The SMILES string of the molecule is CCCCC(CBr)OC. The molecule has 0 heterocycles. The van der Waals surface area contributed by atoms with Gasteiger partial charge in [-0.05, 0) is 6.42 Å². The molecular weight excluding hydrogens is 180 g/mol. The van der Waals surface area contributed by atoms with Crippen LogP contribution in [0.1, 0.15) is 26.2 Å². The molecule has 0 spiro atoms. The van der Waals surface area contributed by atoms with E-state index in [1.54, 1.807) is 7.11 Å². The fourth-order valence-corrected chi connectivity index (χ4v) is 1.28. The van der Waals surface area contributed by atoms with Gasteiger partial charge in [0.1, 0.15) is 0 Å². The van der Waals surface area contributed by atoms with Crippen LogP contribution >= 0.6 is 15.9 Å². The highest BCUT2D eigenvalue weighted by Crippen LogP contribution is 2.05. The van der Waals surface area contributed by atoms with Gasteiger partial charge in [0.15, 0.2) is 0 Å². The van der Waals surface area contributed by atoms with Gasteiger partial charge in [-0.15, -0.1) is 0 Å². The fourth-order valence-electron chi connectivity index (χ4n) is 0.690. The average Bonchev–Trinajstić information content (AvgIpc) is 1.91. The summed E-state index contributed by atoms with van der Waals surface area (Å²) >= 11 is 3.38. The molecule has 0 amide bonds. The summed E-state index contributed by atoms with van der Waals surface area (Å²) in [4.78, 5) is 0. The minimum Gasteiger partial charge on any atom is -0.381 e. The Morgan fingerprint density at radius 3 is 2.56 bits per heavy atom. The normalized spacial score (nSPS) is 13.7. The average molecular weight is 195 g/mol. The maximum Gasteiger partial charge on any atom is 0.0668 e. The number of alkyl halides is 1. The maximum absolute atomic E-state index is 5.15. The Kier molecular flexibility index (Phi) is 6.88. The molecule has 0 radical (unpaired) electrons. The van der Waals surface area contributed by atoms with Crippen LogP contribution in [-0.2, 0) is 4.74 Å². The zero-order valence-electron chi connectivity index (χ0n) is 6.19. The van der Waals surface area contributed by atoms with E-state index < -0.39 is 0 Å². The molecule has 0 aliphatic heterocycles. The second-order valence-corrected chi connectivity index (χ2v) is 2.80. The summed E-state index contributed by atoms with van der Waals surface area (Å²) in [5, 5.41) is 0.962. The first kappa shape index (κ1) is 9.44. The first-order valence-corrected chi connectivity index (χ1v) is 4.56. The molecule has 9 heavy (non-hydrogen) atoms. The molecule has 0 aromatic rings. The minimum atomic E-state index is 0.421. The highest BCUT2D eigenvalue weighted by molar-refractivity contribution is 9.09. The third-order valence-electron chi connectivity index (χ3n) is 1.39. The molecule has 1 nitrogen and oxygen atoms in total. The van der Waals surface area contributed by atoms with Gasteiger partial charge in [-0.3, -0.25) is 0 Å². The van der Waals surface area contributed by atoms with Crippen LogP contribution in [0.15, 0.2) is 0 Å². The van der Waals surface area contributed by atoms with Gasteiger partial charge in [-0.25, -0.2) is 0 Å². The molecule has 0 aliphatic carbocycles. The van der Waals surface area contributed by atoms with E-state index in [1.165, 1.54) is 19.3 Å². The predicted molar refractivity (Wildman–Crippen MR) is 44.1 cm³/mol. The lowest BCUT2D eigenvalue weighted by Crippen LogP contribution is -2.11. The summed E-state index contributed by atoms with van der Waals surface area (Å²) in [5.41, 5.74) is 0. The smallest absolute Gasteiger partial charge is 0.0668 e. The van der Waals surface area contributed by atoms with Crippen molar-refractivity contribution in [1.29, 1.82) is 0 Å². The Morgan fingerprint density at radius 2 is 2.22 bits per heavy atom. The lowest BCUT2D eigenvalue weighted by Gasteiger charge is -2.09. The molecule has 0 fully saturated rings. The topological polar surface area (TPSA) is 9.23 Å². The van der Waals surface area contributed by atoms with Crippen LogP contribution in [0, 0.1) is 0 Å². The second kappa shape index (κ2) is 6.56. The third-order valence-corrected chi connectivity index (χ3v) is 2.11. The van der Waals surface area contributed by atoms with Crippen LogP contribution in [0.2, 0.25) is 0 Å². The molecule has 0 saturated heterocycles. The second-order valence-electron chi connectivity index (χ2n) is 2.15. The lowest BCUT2D eigenvalue weighted by atomic mass is 10.2. The van der Waals surface area contributed by atoms with Crippen molar-refractivity contribution in [3.63, 3.8) is 0 Å². The maximum atomic E-state index is 5.15. The predicted octanol–water partition coefficient (Wildman–Crippen LogP) is 2.59. The summed E-state index contributed by atoms with van der Waals surface area (Å²) in [6.07, 6.45) is 4.12. The molecule has 0 saturated carbocycles. The molecule has 0 aliphatic rings. The highest BCUT2D eigenvalue weighted by atomic mass is 79.9. The third kappa shape index (κ3) is 4.91. The van der Waals surface area contributed by atoms with E-state index >= 15 is 0 Å². The summed E-state index contributed by atoms with van der Waals surface area (Å²) in [6, 6.07) is 0. The minimum absolute atomic E-state index is 0.421. The quantitative estimate of drug-likeness (QED) is 0.612. The summed E-state index contributed by atoms with van der Waals surface area (Å²) in [6.45, 7) is 2.20. The molecule has 0 rings (SSSR count). The Labute approximate surface area is 65.9 Å². The molecule has 1 unspecified atom stereocenters. The van der Waals surface area contributed by atoms with Crippen molar-refractivity contribution >= 4 is 15.9 Å². The van der Waals surface area contributed by atoms with Crippen LogP contribution in [0.25, 0.3) is 0 Å². The molecule has 0 aromatic heterocycles. The van der Waals surface area contributed by atoms with E-state index in [4.69, 9.17) is 4.74 Å². The first-order valence-electron chi connectivity index (χ1n) is 3.43. The van der Waals surface area contributed by atoms with Gasteiger partial charge in [0.05, 0.1) is 6.10 Å². The number of unbranched alkanes of at least 4 members (excludes halogenated alkanes) is 1.